The van der Waals surface area contributed by atoms with E-state index in [0.717, 1.165) is 17.0 Å². The van der Waals surface area contributed by atoms with Crippen molar-refractivity contribution in [1.29, 1.82) is 0 Å². The lowest BCUT2D eigenvalue weighted by Gasteiger charge is -2.18. The van der Waals surface area contributed by atoms with Gasteiger partial charge in [0.25, 0.3) is 0 Å². The fourth-order valence-corrected chi connectivity index (χ4v) is 2.11. The molecule has 0 saturated heterocycles. The van der Waals surface area contributed by atoms with Gasteiger partial charge < -0.3 is 10.0 Å². The van der Waals surface area contributed by atoms with Gasteiger partial charge >= 0.3 is 5.97 Å². The number of hydrogen-bond acceptors (Lipinski definition) is 3. The molecule has 0 unspecified atom stereocenters. The summed E-state index contributed by atoms with van der Waals surface area (Å²) in [5.41, 5.74) is 3.04. The van der Waals surface area contributed by atoms with Crippen LogP contribution >= 0.6 is 0 Å². The van der Waals surface area contributed by atoms with Crippen LogP contribution in [0, 0.1) is 13.8 Å². The van der Waals surface area contributed by atoms with E-state index in [1.165, 1.54) is 4.90 Å². The number of carbonyl (C=O) groups is 2. The lowest BCUT2D eigenvalue weighted by molar-refractivity contribution is -0.144. The molecule has 0 atom stereocenters. The molecule has 6 heteroatoms. The van der Waals surface area contributed by atoms with Crippen molar-refractivity contribution >= 4 is 11.9 Å². The minimum atomic E-state index is -0.982. The zero-order valence-corrected chi connectivity index (χ0v) is 11.9. The average molecular weight is 267 g/mol. The molecule has 0 aliphatic rings. The zero-order valence-electron chi connectivity index (χ0n) is 11.9. The Morgan fingerprint density at radius 2 is 2.00 bits per heavy atom. The van der Waals surface area contributed by atoms with Crippen LogP contribution in [0.5, 0.6) is 0 Å². The highest BCUT2D eigenvalue weighted by molar-refractivity contribution is 5.81. The summed E-state index contributed by atoms with van der Waals surface area (Å²) in [4.78, 5) is 24.0. The van der Waals surface area contributed by atoms with Gasteiger partial charge in [0.2, 0.25) is 5.91 Å². The number of likely N-dealkylation sites (N-methyl/N-ethyl adjacent to an activating group) is 1. The zero-order chi connectivity index (χ0) is 14.6. The molecular weight excluding hydrogens is 246 g/mol. The molecule has 0 bridgehead atoms. The molecule has 0 aliphatic carbocycles. The maximum atomic E-state index is 11.9. The third-order valence-corrected chi connectivity index (χ3v) is 3.31. The number of aryl methyl sites for hydroxylation is 2. The Balaban J connectivity index is 2.65. The second-order valence-corrected chi connectivity index (χ2v) is 4.57. The summed E-state index contributed by atoms with van der Waals surface area (Å²) in [6.45, 7) is 5.84. The van der Waals surface area contributed by atoms with Crippen molar-refractivity contribution in [2.24, 2.45) is 7.05 Å². The number of amides is 1. The Morgan fingerprint density at radius 3 is 2.42 bits per heavy atom. The first-order valence-corrected chi connectivity index (χ1v) is 6.35. The summed E-state index contributed by atoms with van der Waals surface area (Å²) in [6.07, 6.45) is 0.912. The molecule has 19 heavy (non-hydrogen) atoms. The minimum Gasteiger partial charge on any atom is -0.480 e. The van der Waals surface area contributed by atoms with Crippen molar-refractivity contribution in [3.63, 3.8) is 0 Å². The van der Waals surface area contributed by atoms with Crippen molar-refractivity contribution in [1.82, 2.24) is 14.7 Å². The van der Waals surface area contributed by atoms with Crippen molar-refractivity contribution in [2.75, 3.05) is 13.1 Å². The van der Waals surface area contributed by atoms with E-state index in [1.54, 1.807) is 11.6 Å². The normalized spacial score (nSPS) is 10.5. The Bertz CT molecular complexity index is 480. The SMILES string of the molecule is CCN(CC(=O)O)C(=O)CCc1c(C)nn(C)c1C. The van der Waals surface area contributed by atoms with Gasteiger partial charge in [0.15, 0.2) is 0 Å². The van der Waals surface area contributed by atoms with Crippen molar-refractivity contribution in [2.45, 2.75) is 33.6 Å². The number of carboxylic acids is 1. The lowest BCUT2D eigenvalue weighted by Crippen LogP contribution is -2.35. The molecule has 1 aromatic heterocycles. The van der Waals surface area contributed by atoms with Gasteiger partial charge in [-0.25, -0.2) is 0 Å². The van der Waals surface area contributed by atoms with E-state index < -0.39 is 5.97 Å². The van der Waals surface area contributed by atoms with Gasteiger partial charge in [-0.05, 0) is 32.8 Å². The molecule has 0 aromatic carbocycles. The summed E-state index contributed by atoms with van der Waals surface area (Å²) >= 11 is 0. The predicted molar refractivity (Wildman–Crippen MR) is 70.9 cm³/mol. The first-order chi connectivity index (χ1) is 8.86. The topological polar surface area (TPSA) is 75.4 Å². The molecule has 1 rings (SSSR count). The minimum absolute atomic E-state index is 0.132. The second-order valence-electron chi connectivity index (χ2n) is 4.57. The monoisotopic (exact) mass is 267 g/mol. The molecule has 0 saturated carbocycles. The highest BCUT2D eigenvalue weighted by Crippen LogP contribution is 2.14. The van der Waals surface area contributed by atoms with Crippen LogP contribution in [0.3, 0.4) is 0 Å². The van der Waals surface area contributed by atoms with E-state index in [-0.39, 0.29) is 12.5 Å². The van der Waals surface area contributed by atoms with Gasteiger partial charge in [-0.15, -0.1) is 0 Å². The molecule has 106 valence electrons. The van der Waals surface area contributed by atoms with Crippen LogP contribution in [-0.4, -0.2) is 44.8 Å². The van der Waals surface area contributed by atoms with E-state index in [4.69, 9.17) is 5.11 Å². The number of carbonyl (C=O) groups excluding carboxylic acids is 1. The highest BCUT2D eigenvalue weighted by Gasteiger charge is 2.17. The largest absolute Gasteiger partial charge is 0.480 e. The van der Waals surface area contributed by atoms with E-state index in [1.807, 2.05) is 20.9 Å². The third-order valence-electron chi connectivity index (χ3n) is 3.31. The van der Waals surface area contributed by atoms with Crippen molar-refractivity contribution < 1.29 is 14.7 Å². The summed E-state index contributed by atoms with van der Waals surface area (Å²) in [6, 6.07) is 0. The fraction of sp³-hybridized carbons (Fsp3) is 0.615. The van der Waals surface area contributed by atoms with Crippen LogP contribution < -0.4 is 0 Å². The highest BCUT2D eigenvalue weighted by atomic mass is 16.4. The van der Waals surface area contributed by atoms with Gasteiger partial charge in [0.05, 0.1) is 5.69 Å². The summed E-state index contributed by atoms with van der Waals surface area (Å²) in [5, 5.41) is 13.0. The van der Waals surface area contributed by atoms with Gasteiger partial charge in [-0.2, -0.15) is 5.10 Å². The van der Waals surface area contributed by atoms with Crippen LogP contribution in [-0.2, 0) is 23.1 Å². The van der Waals surface area contributed by atoms with E-state index in [2.05, 4.69) is 5.10 Å². The fourth-order valence-electron chi connectivity index (χ4n) is 2.11. The summed E-state index contributed by atoms with van der Waals surface area (Å²) < 4.78 is 1.80. The summed E-state index contributed by atoms with van der Waals surface area (Å²) in [5.74, 6) is -1.11. The van der Waals surface area contributed by atoms with Crippen LogP contribution in [0.1, 0.15) is 30.3 Å². The third kappa shape index (κ3) is 3.81. The van der Waals surface area contributed by atoms with Crippen molar-refractivity contribution in [3.8, 4) is 0 Å². The van der Waals surface area contributed by atoms with Crippen molar-refractivity contribution in [3.05, 3.63) is 17.0 Å². The number of aliphatic carboxylic acids is 1. The molecule has 1 amide bonds. The van der Waals surface area contributed by atoms with E-state index in [9.17, 15) is 9.59 Å². The van der Waals surface area contributed by atoms with Crippen LogP contribution in [0.4, 0.5) is 0 Å². The summed E-state index contributed by atoms with van der Waals surface area (Å²) in [7, 11) is 1.87. The second kappa shape index (κ2) is 6.36. The van der Waals surface area contributed by atoms with Crippen LogP contribution in [0.2, 0.25) is 0 Å². The van der Waals surface area contributed by atoms with Gasteiger partial charge in [-0.3, -0.25) is 14.3 Å². The van der Waals surface area contributed by atoms with Gasteiger partial charge in [0, 0.05) is 25.7 Å². The quantitative estimate of drug-likeness (QED) is 0.831. The Kier molecular flexibility index (Phi) is 5.09. The number of nitrogens with zero attached hydrogens (tertiary/aromatic N) is 3. The maximum absolute atomic E-state index is 11.9. The molecule has 6 nitrogen and oxygen atoms in total. The molecule has 1 heterocycles. The number of rotatable bonds is 6. The number of hydrogen-bond donors (Lipinski definition) is 1. The maximum Gasteiger partial charge on any atom is 0.323 e. The molecule has 1 N–H and O–H groups in total. The smallest absolute Gasteiger partial charge is 0.323 e. The standard InChI is InChI=1S/C13H21N3O3/c1-5-16(8-13(18)19)12(17)7-6-11-9(2)14-15(4)10(11)3/h5-8H2,1-4H3,(H,18,19). The van der Waals surface area contributed by atoms with Crippen LogP contribution in [0.25, 0.3) is 0 Å². The molecular formula is C13H21N3O3. The number of carboxylic acid groups (broad SMARTS) is 1. The predicted octanol–water partition coefficient (Wildman–Crippen LogP) is 0.903. The van der Waals surface area contributed by atoms with Gasteiger partial charge in [0.1, 0.15) is 6.54 Å². The Morgan fingerprint density at radius 1 is 1.37 bits per heavy atom. The first kappa shape index (κ1) is 15.2. The van der Waals surface area contributed by atoms with E-state index in [0.29, 0.717) is 19.4 Å². The van der Waals surface area contributed by atoms with Gasteiger partial charge in [-0.1, -0.05) is 0 Å². The average Bonchev–Trinajstić information content (AvgIpc) is 2.57. The molecule has 0 radical (unpaired) electrons. The lowest BCUT2D eigenvalue weighted by atomic mass is 10.1. The van der Waals surface area contributed by atoms with E-state index >= 15 is 0 Å². The Labute approximate surface area is 113 Å². The molecule has 0 fully saturated rings. The number of aromatic nitrogens is 2. The molecule has 1 aromatic rings. The Hall–Kier alpha value is -1.85. The first-order valence-electron chi connectivity index (χ1n) is 6.35. The van der Waals surface area contributed by atoms with Crippen LogP contribution in [0.15, 0.2) is 0 Å². The molecule has 0 spiro atoms. The molecule has 0 aliphatic heterocycles.